The van der Waals surface area contributed by atoms with Crippen LogP contribution in [0.3, 0.4) is 0 Å². The summed E-state index contributed by atoms with van der Waals surface area (Å²) in [5.41, 5.74) is 6.81. The molecule has 0 aromatic carbocycles. The molecule has 0 aliphatic carbocycles. The molecule has 2 atom stereocenters. The number of aromatic nitrogens is 2. The van der Waals surface area contributed by atoms with Crippen molar-refractivity contribution in [1.82, 2.24) is 15.3 Å². The lowest BCUT2D eigenvalue weighted by Gasteiger charge is -2.25. The van der Waals surface area contributed by atoms with Crippen molar-refractivity contribution in [2.75, 3.05) is 36.9 Å². The number of nitrogens with zero attached hydrogens (tertiary/aromatic N) is 3. The molecular formula is C13H21N5O. The lowest BCUT2D eigenvalue weighted by Crippen LogP contribution is -2.47. The van der Waals surface area contributed by atoms with Crippen LogP contribution in [-0.4, -0.2) is 48.4 Å². The maximum atomic E-state index is 5.82. The number of rotatable bonds is 2. The Bertz CT molecular complexity index is 450. The van der Waals surface area contributed by atoms with E-state index in [1.165, 1.54) is 0 Å². The zero-order chi connectivity index (χ0) is 13.4. The molecule has 1 aromatic heterocycles. The molecule has 3 heterocycles. The molecule has 2 aliphatic heterocycles. The van der Waals surface area contributed by atoms with Crippen molar-refractivity contribution >= 4 is 11.8 Å². The van der Waals surface area contributed by atoms with Gasteiger partial charge in [-0.05, 0) is 5.92 Å². The molecule has 0 radical (unpaired) electrons. The first-order valence-corrected chi connectivity index (χ1v) is 6.88. The molecule has 2 saturated heterocycles. The molecule has 19 heavy (non-hydrogen) atoms. The molecule has 0 spiro atoms. The Kier molecular flexibility index (Phi) is 3.28. The first-order valence-electron chi connectivity index (χ1n) is 6.88. The number of anilines is 2. The highest BCUT2D eigenvalue weighted by Gasteiger charge is 2.36. The van der Waals surface area contributed by atoms with E-state index in [1.807, 2.05) is 6.07 Å². The molecular weight excluding hydrogens is 242 g/mol. The lowest BCUT2D eigenvalue weighted by molar-refractivity contribution is 0.0212. The van der Waals surface area contributed by atoms with Gasteiger partial charge in [0, 0.05) is 25.7 Å². The highest BCUT2D eigenvalue weighted by atomic mass is 16.5. The third kappa shape index (κ3) is 2.50. The molecule has 3 rings (SSSR count). The minimum absolute atomic E-state index is 0.257. The number of morpholine rings is 1. The molecule has 2 fully saturated rings. The normalized spacial score (nSPS) is 26.8. The van der Waals surface area contributed by atoms with E-state index < -0.39 is 0 Å². The monoisotopic (exact) mass is 263 g/mol. The molecule has 3 N–H and O–H groups in total. The average molecular weight is 263 g/mol. The number of nitrogens with two attached hydrogens (primary N) is 1. The second-order valence-electron chi connectivity index (χ2n) is 5.54. The van der Waals surface area contributed by atoms with Crippen LogP contribution in [0.2, 0.25) is 0 Å². The van der Waals surface area contributed by atoms with E-state index in [2.05, 4.69) is 34.0 Å². The highest BCUT2D eigenvalue weighted by molar-refractivity contribution is 5.46. The fourth-order valence-electron chi connectivity index (χ4n) is 2.71. The molecule has 0 unspecified atom stereocenters. The van der Waals surface area contributed by atoms with Gasteiger partial charge in [0.2, 0.25) is 5.95 Å². The number of hydrogen-bond donors (Lipinski definition) is 2. The van der Waals surface area contributed by atoms with Gasteiger partial charge in [0.15, 0.2) is 0 Å². The van der Waals surface area contributed by atoms with Crippen molar-refractivity contribution in [3.8, 4) is 0 Å². The Hall–Kier alpha value is -1.40. The first kappa shape index (κ1) is 12.6. The van der Waals surface area contributed by atoms with Gasteiger partial charge < -0.3 is 20.7 Å². The Morgan fingerprint density at radius 1 is 1.42 bits per heavy atom. The van der Waals surface area contributed by atoms with Crippen LogP contribution >= 0.6 is 0 Å². The maximum Gasteiger partial charge on any atom is 0.222 e. The summed E-state index contributed by atoms with van der Waals surface area (Å²) in [5, 5.41) is 3.49. The summed E-state index contributed by atoms with van der Waals surface area (Å²) in [6, 6.07) is 2.44. The maximum absolute atomic E-state index is 5.82. The van der Waals surface area contributed by atoms with Gasteiger partial charge in [0.05, 0.1) is 24.4 Å². The van der Waals surface area contributed by atoms with Gasteiger partial charge in [0.1, 0.15) is 5.82 Å². The fourth-order valence-corrected chi connectivity index (χ4v) is 2.71. The molecule has 0 bridgehead atoms. The Morgan fingerprint density at radius 3 is 3.00 bits per heavy atom. The van der Waals surface area contributed by atoms with Gasteiger partial charge in [-0.15, -0.1) is 0 Å². The summed E-state index contributed by atoms with van der Waals surface area (Å²) in [6.45, 7) is 7.72. The van der Waals surface area contributed by atoms with Gasteiger partial charge in [-0.2, -0.15) is 4.98 Å². The standard InChI is InChI=1S/C13H21N5O/c1-8(2)9-5-12(17-13(14)16-9)18-6-10-11(7-18)19-4-3-15-10/h5,8,10-11,15H,3-4,6-7H2,1-2H3,(H2,14,16,17)/t10-,11-/m0/s1. The van der Waals surface area contributed by atoms with Crippen molar-refractivity contribution in [2.24, 2.45) is 0 Å². The van der Waals surface area contributed by atoms with Crippen LogP contribution in [0.15, 0.2) is 6.07 Å². The molecule has 6 heteroatoms. The summed E-state index contributed by atoms with van der Waals surface area (Å²) in [7, 11) is 0. The lowest BCUT2D eigenvalue weighted by atomic mass is 10.1. The van der Waals surface area contributed by atoms with E-state index in [4.69, 9.17) is 10.5 Å². The van der Waals surface area contributed by atoms with Crippen LogP contribution in [0.5, 0.6) is 0 Å². The predicted octanol–water partition coefficient (Wildman–Crippen LogP) is 0.359. The third-order valence-electron chi connectivity index (χ3n) is 3.77. The third-order valence-corrected chi connectivity index (χ3v) is 3.77. The van der Waals surface area contributed by atoms with Gasteiger partial charge in [0.25, 0.3) is 0 Å². The van der Waals surface area contributed by atoms with Crippen LogP contribution in [-0.2, 0) is 4.74 Å². The zero-order valence-electron chi connectivity index (χ0n) is 11.5. The quantitative estimate of drug-likeness (QED) is 0.802. The SMILES string of the molecule is CC(C)c1cc(N2C[C@@H]3NCCO[C@H]3C2)nc(N)n1. The second-order valence-corrected chi connectivity index (χ2v) is 5.54. The van der Waals surface area contributed by atoms with Gasteiger partial charge in [-0.25, -0.2) is 4.98 Å². The van der Waals surface area contributed by atoms with Crippen LogP contribution in [0.1, 0.15) is 25.5 Å². The average Bonchev–Trinajstić information content (AvgIpc) is 2.81. The number of ether oxygens (including phenoxy) is 1. The molecule has 104 valence electrons. The van der Waals surface area contributed by atoms with Crippen LogP contribution in [0.25, 0.3) is 0 Å². The molecule has 0 saturated carbocycles. The smallest absolute Gasteiger partial charge is 0.222 e. The summed E-state index contributed by atoms with van der Waals surface area (Å²) >= 11 is 0. The van der Waals surface area contributed by atoms with Crippen LogP contribution in [0.4, 0.5) is 11.8 Å². The van der Waals surface area contributed by atoms with E-state index in [-0.39, 0.29) is 6.10 Å². The Balaban J connectivity index is 1.82. The highest BCUT2D eigenvalue weighted by Crippen LogP contribution is 2.25. The minimum Gasteiger partial charge on any atom is -0.373 e. The summed E-state index contributed by atoms with van der Waals surface area (Å²) in [4.78, 5) is 10.9. The first-order chi connectivity index (χ1) is 9.13. The summed E-state index contributed by atoms with van der Waals surface area (Å²) in [6.07, 6.45) is 0.257. The Labute approximate surface area is 113 Å². The second kappa shape index (κ2) is 4.94. The fraction of sp³-hybridized carbons (Fsp3) is 0.692. The van der Waals surface area contributed by atoms with Crippen molar-refractivity contribution in [3.05, 3.63) is 11.8 Å². The molecule has 2 aliphatic rings. The zero-order valence-corrected chi connectivity index (χ0v) is 11.5. The summed E-state index contributed by atoms with van der Waals surface area (Å²) < 4.78 is 5.78. The molecule has 1 aromatic rings. The predicted molar refractivity (Wildman–Crippen MR) is 74.3 cm³/mol. The van der Waals surface area contributed by atoms with Gasteiger partial charge in [-0.3, -0.25) is 0 Å². The number of fused-ring (bicyclic) bond motifs is 1. The van der Waals surface area contributed by atoms with Crippen LogP contribution < -0.4 is 16.0 Å². The summed E-state index contributed by atoms with van der Waals surface area (Å²) in [5.74, 6) is 1.62. The van der Waals surface area contributed by atoms with Gasteiger partial charge >= 0.3 is 0 Å². The minimum atomic E-state index is 0.257. The van der Waals surface area contributed by atoms with E-state index in [0.29, 0.717) is 17.9 Å². The van der Waals surface area contributed by atoms with E-state index in [1.54, 1.807) is 0 Å². The number of nitrogens with one attached hydrogen (secondary N) is 1. The number of nitrogen functional groups attached to an aromatic ring is 1. The Morgan fingerprint density at radius 2 is 2.26 bits per heavy atom. The van der Waals surface area contributed by atoms with E-state index >= 15 is 0 Å². The van der Waals surface area contributed by atoms with Crippen molar-refractivity contribution in [1.29, 1.82) is 0 Å². The van der Waals surface area contributed by atoms with Crippen LogP contribution in [0, 0.1) is 0 Å². The van der Waals surface area contributed by atoms with E-state index in [9.17, 15) is 0 Å². The van der Waals surface area contributed by atoms with Crippen molar-refractivity contribution in [2.45, 2.75) is 31.9 Å². The molecule has 0 amide bonds. The number of hydrogen-bond acceptors (Lipinski definition) is 6. The van der Waals surface area contributed by atoms with E-state index in [0.717, 1.165) is 37.8 Å². The molecule has 6 nitrogen and oxygen atoms in total. The van der Waals surface area contributed by atoms with Crippen molar-refractivity contribution < 1.29 is 4.74 Å². The van der Waals surface area contributed by atoms with Gasteiger partial charge in [-0.1, -0.05) is 13.8 Å². The largest absolute Gasteiger partial charge is 0.373 e. The topological polar surface area (TPSA) is 76.3 Å². The van der Waals surface area contributed by atoms with Crippen molar-refractivity contribution in [3.63, 3.8) is 0 Å².